The second-order valence-electron chi connectivity index (χ2n) is 5.63. The van der Waals surface area contributed by atoms with Crippen LogP contribution in [-0.2, 0) is 0 Å². The number of aromatic nitrogens is 1. The molecule has 1 atom stereocenters. The Morgan fingerprint density at radius 3 is 2.95 bits per heavy atom. The highest BCUT2D eigenvalue weighted by Gasteiger charge is 2.29. The summed E-state index contributed by atoms with van der Waals surface area (Å²) in [6.07, 6.45) is 8.42. The molecule has 106 valence electrons. The molecule has 5 nitrogen and oxygen atoms in total. The summed E-state index contributed by atoms with van der Waals surface area (Å²) in [7, 11) is 2.09. The number of nitrogens with zero attached hydrogens (tertiary/aromatic N) is 4. The lowest BCUT2D eigenvalue weighted by Gasteiger charge is -2.39. The van der Waals surface area contributed by atoms with Crippen LogP contribution in [0.2, 0.25) is 6.82 Å². The van der Waals surface area contributed by atoms with Gasteiger partial charge in [0.2, 0.25) is 5.71 Å². The van der Waals surface area contributed by atoms with Crippen molar-refractivity contribution in [1.29, 1.82) is 0 Å². The lowest BCUT2D eigenvalue weighted by molar-refractivity contribution is 0.0856. The van der Waals surface area contributed by atoms with E-state index in [1.165, 1.54) is 0 Å². The third-order valence-corrected chi connectivity index (χ3v) is 4.30. The Balaban J connectivity index is 1.88. The molecule has 0 bridgehead atoms. The zero-order valence-corrected chi connectivity index (χ0v) is 12.4. The third-order valence-electron chi connectivity index (χ3n) is 4.30. The number of hydrogen-bond donors (Lipinski definition) is 0. The molecule has 0 spiro atoms. The first-order valence-corrected chi connectivity index (χ1v) is 7.19. The van der Waals surface area contributed by atoms with Crippen LogP contribution in [0.5, 0.6) is 0 Å². The molecule has 0 saturated heterocycles. The predicted molar refractivity (Wildman–Crippen MR) is 83.9 cm³/mol. The van der Waals surface area contributed by atoms with Gasteiger partial charge >= 0.3 is 6.85 Å². The van der Waals surface area contributed by atoms with Crippen molar-refractivity contribution >= 4 is 30.1 Å². The Labute approximate surface area is 123 Å². The smallest absolute Gasteiger partial charge is 0.306 e. The second-order valence-corrected chi connectivity index (χ2v) is 5.63. The molecular formula is C15H17BN4O. The maximum Gasteiger partial charge on any atom is 0.306 e. The third kappa shape index (κ3) is 1.75. The molecule has 0 amide bonds. The van der Waals surface area contributed by atoms with E-state index in [2.05, 4.69) is 71.2 Å². The van der Waals surface area contributed by atoms with E-state index in [-0.39, 0.29) is 6.85 Å². The van der Waals surface area contributed by atoms with Crippen LogP contribution in [0.4, 0.5) is 0 Å². The van der Waals surface area contributed by atoms with Crippen LogP contribution in [0.15, 0.2) is 35.1 Å². The van der Waals surface area contributed by atoms with Gasteiger partial charge in [-0.25, -0.2) is 4.98 Å². The Kier molecular flexibility index (Phi) is 2.54. The highest BCUT2D eigenvalue weighted by atomic mass is 16.3. The van der Waals surface area contributed by atoms with Crippen LogP contribution in [-0.4, -0.2) is 39.9 Å². The van der Waals surface area contributed by atoms with Crippen LogP contribution >= 0.6 is 0 Å². The topological polar surface area (TPSA) is 35.8 Å². The fourth-order valence-corrected chi connectivity index (χ4v) is 2.93. The molecule has 0 saturated carbocycles. The van der Waals surface area contributed by atoms with Gasteiger partial charge in [-0.3, -0.25) is 5.01 Å². The van der Waals surface area contributed by atoms with Crippen LogP contribution in [0.3, 0.4) is 0 Å². The SMILES string of the molecule is CB1C=c2oc3ncccc3c2=CN1N1C=CN(C)[C@@H]1C. The fraction of sp³-hybridized carbons (Fsp3) is 0.267. The molecule has 4 heterocycles. The van der Waals surface area contributed by atoms with Crippen molar-refractivity contribution in [2.45, 2.75) is 19.9 Å². The van der Waals surface area contributed by atoms with E-state index in [1.54, 1.807) is 6.20 Å². The quantitative estimate of drug-likeness (QED) is 0.722. The fourth-order valence-electron chi connectivity index (χ4n) is 2.93. The van der Waals surface area contributed by atoms with Gasteiger partial charge in [-0.05, 0) is 25.0 Å². The van der Waals surface area contributed by atoms with E-state index in [0.29, 0.717) is 11.9 Å². The normalized spacial score (nSPS) is 20.8. The predicted octanol–water partition coefficient (Wildman–Crippen LogP) is 0.802. The lowest BCUT2D eigenvalue weighted by Crippen LogP contribution is -2.52. The lowest BCUT2D eigenvalue weighted by atomic mass is 9.63. The number of rotatable bonds is 1. The number of hydrazine groups is 1. The minimum absolute atomic E-state index is 0.233. The van der Waals surface area contributed by atoms with E-state index in [9.17, 15) is 0 Å². The maximum absolute atomic E-state index is 5.85. The standard InChI is InChI=1S/C15H17BN4O/c1-11-18(3)7-8-19(11)20-10-13-12-5-4-6-17-15(12)21-14(13)9-16(20)2/h4-11H,1-3H3/t11-/m0/s1. The van der Waals surface area contributed by atoms with Gasteiger partial charge in [-0.1, -0.05) is 6.82 Å². The van der Waals surface area contributed by atoms with Gasteiger partial charge in [0.25, 0.3) is 0 Å². The molecule has 2 aliphatic heterocycles. The first-order valence-electron chi connectivity index (χ1n) is 7.19. The molecule has 4 rings (SSSR count). The number of furan rings is 1. The summed E-state index contributed by atoms with van der Waals surface area (Å²) in [6.45, 7) is 4.58. The molecule has 0 unspecified atom stereocenters. The van der Waals surface area contributed by atoms with Crippen molar-refractivity contribution in [1.82, 2.24) is 19.8 Å². The van der Waals surface area contributed by atoms with Gasteiger partial charge < -0.3 is 14.2 Å². The van der Waals surface area contributed by atoms with Crippen LogP contribution in [0.25, 0.3) is 23.3 Å². The van der Waals surface area contributed by atoms with Crippen molar-refractivity contribution in [3.05, 3.63) is 41.4 Å². The molecular weight excluding hydrogens is 263 g/mol. The largest absolute Gasteiger partial charge is 0.439 e. The van der Waals surface area contributed by atoms with Crippen molar-refractivity contribution in [2.24, 2.45) is 0 Å². The monoisotopic (exact) mass is 280 g/mol. The molecule has 0 N–H and O–H groups in total. The van der Waals surface area contributed by atoms with Crippen LogP contribution in [0.1, 0.15) is 6.92 Å². The van der Waals surface area contributed by atoms with E-state index < -0.39 is 0 Å². The Morgan fingerprint density at radius 1 is 1.33 bits per heavy atom. The Morgan fingerprint density at radius 2 is 2.19 bits per heavy atom. The summed E-state index contributed by atoms with van der Waals surface area (Å²) >= 11 is 0. The number of pyridine rings is 1. The second kappa shape index (κ2) is 4.31. The minimum atomic E-state index is 0.233. The first-order chi connectivity index (χ1) is 10.1. The zero-order valence-electron chi connectivity index (χ0n) is 12.4. The highest BCUT2D eigenvalue weighted by molar-refractivity contribution is 6.70. The van der Waals surface area contributed by atoms with Crippen LogP contribution in [0, 0.1) is 0 Å². The maximum atomic E-state index is 5.85. The van der Waals surface area contributed by atoms with Gasteiger partial charge in [-0.15, -0.1) is 0 Å². The minimum Gasteiger partial charge on any atom is -0.439 e. The van der Waals surface area contributed by atoms with Crippen molar-refractivity contribution in [3.8, 4) is 0 Å². The molecule has 2 aliphatic rings. The molecule has 21 heavy (non-hydrogen) atoms. The molecule has 0 radical (unpaired) electrons. The highest BCUT2D eigenvalue weighted by Crippen LogP contribution is 2.19. The van der Waals surface area contributed by atoms with Gasteiger partial charge in [0, 0.05) is 42.4 Å². The summed E-state index contributed by atoms with van der Waals surface area (Å²) in [5.74, 6) is 2.15. The molecule has 0 aliphatic carbocycles. The van der Waals surface area contributed by atoms with E-state index in [4.69, 9.17) is 4.42 Å². The summed E-state index contributed by atoms with van der Waals surface area (Å²) in [5.41, 5.74) is 1.61. The Hall–Kier alpha value is -2.37. The van der Waals surface area contributed by atoms with Crippen molar-refractivity contribution in [3.63, 3.8) is 0 Å². The molecule has 6 heteroatoms. The summed E-state index contributed by atoms with van der Waals surface area (Å²) < 4.78 is 5.85. The van der Waals surface area contributed by atoms with E-state index >= 15 is 0 Å². The Bertz CT molecular complexity index is 843. The number of hydrogen-bond acceptors (Lipinski definition) is 5. The van der Waals surface area contributed by atoms with E-state index in [0.717, 1.165) is 16.0 Å². The van der Waals surface area contributed by atoms with E-state index in [1.807, 2.05) is 6.07 Å². The average Bonchev–Trinajstić information content (AvgIpc) is 2.99. The van der Waals surface area contributed by atoms with Crippen LogP contribution < -0.4 is 10.6 Å². The summed E-state index contributed by atoms with van der Waals surface area (Å²) in [5, 5.41) is 4.40. The molecule has 2 aromatic heterocycles. The van der Waals surface area contributed by atoms with Crippen molar-refractivity contribution in [2.75, 3.05) is 7.05 Å². The van der Waals surface area contributed by atoms with Gasteiger partial charge in [-0.2, -0.15) is 0 Å². The zero-order chi connectivity index (χ0) is 14.6. The van der Waals surface area contributed by atoms with Crippen molar-refractivity contribution < 1.29 is 4.42 Å². The molecule has 2 aromatic rings. The summed E-state index contributed by atoms with van der Waals surface area (Å²) in [4.78, 5) is 8.73. The summed E-state index contributed by atoms with van der Waals surface area (Å²) in [6, 6.07) is 4.00. The average molecular weight is 280 g/mol. The number of fused-ring (bicyclic) bond motifs is 3. The first kappa shape index (κ1) is 12.4. The van der Waals surface area contributed by atoms with Gasteiger partial charge in [0.1, 0.15) is 11.6 Å². The molecule has 0 aromatic carbocycles. The van der Waals surface area contributed by atoms with Gasteiger partial charge in [0.05, 0.1) is 0 Å². The van der Waals surface area contributed by atoms with Gasteiger partial charge in [0.15, 0.2) is 0 Å². The molecule has 0 fully saturated rings.